The second-order valence-electron chi connectivity index (χ2n) is 5.58. The van der Waals surface area contributed by atoms with E-state index in [1.54, 1.807) is 18.2 Å². The van der Waals surface area contributed by atoms with Crippen LogP contribution in [0.3, 0.4) is 0 Å². The van der Waals surface area contributed by atoms with Crippen LogP contribution < -0.4 is 14.8 Å². The van der Waals surface area contributed by atoms with Gasteiger partial charge in [0.2, 0.25) is 0 Å². The molecule has 0 aliphatic rings. The molecule has 0 aliphatic carbocycles. The van der Waals surface area contributed by atoms with Gasteiger partial charge < -0.3 is 9.47 Å². The number of carbonyl (C=O) groups is 1. The number of aromatic nitrogens is 1. The maximum Gasteiger partial charge on any atom is 0.257 e. The van der Waals surface area contributed by atoms with E-state index in [1.165, 1.54) is 43.8 Å². The van der Waals surface area contributed by atoms with Crippen LogP contribution >= 0.6 is 22.9 Å². The lowest BCUT2D eigenvalue weighted by Gasteiger charge is -2.11. The number of methoxy groups -OCH3 is 2. The number of thiazole rings is 1. The quantitative estimate of drug-likeness (QED) is 0.634. The Morgan fingerprint density at radius 3 is 2.52 bits per heavy atom. The summed E-state index contributed by atoms with van der Waals surface area (Å²) in [6.45, 7) is 1.89. The van der Waals surface area contributed by atoms with Gasteiger partial charge in [0.25, 0.3) is 5.91 Å². The summed E-state index contributed by atoms with van der Waals surface area (Å²) in [6.07, 6.45) is 0. The van der Waals surface area contributed by atoms with E-state index < -0.39 is 0 Å². The van der Waals surface area contributed by atoms with Crippen molar-refractivity contribution in [3.05, 3.63) is 57.7 Å². The van der Waals surface area contributed by atoms with E-state index in [9.17, 15) is 9.18 Å². The topological polar surface area (TPSA) is 60.5 Å². The molecule has 1 aromatic heterocycles. The van der Waals surface area contributed by atoms with Gasteiger partial charge in [-0.15, -0.1) is 11.3 Å². The number of nitrogens with zero attached hydrogens (tertiary/aromatic N) is 1. The van der Waals surface area contributed by atoms with Gasteiger partial charge in [-0.1, -0.05) is 11.6 Å². The molecule has 3 rings (SSSR count). The molecule has 0 saturated heterocycles. The molecule has 0 radical (unpaired) electrons. The summed E-state index contributed by atoms with van der Waals surface area (Å²) in [7, 11) is 2.94. The third kappa shape index (κ3) is 4.04. The molecular weight excluding hydrogens is 391 g/mol. The van der Waals surface area contributed by atoms with Gasteiger partial charge in [0.1, 0.15) is 5.82 Å². The van der Waals surface area contributed by atoms with Crippen molar-refractivity contribution in [1.29, 1.82) is 0 Å². The Kier molecular flexibility index (Phi) is 5.62. The molecule has 0 spiro atoms. The lowest BCUT2D eigenvalue weighted by molar-refractivity contribution is 0.102. The average molecular weight is 407 g/mol. The molecule has 0 bridgehead atoms. The zero-order chi connectivity index (χ0) is 19.6. The Hall–Kier alpha value is -2.64. The first-order valence-corrected chi connectivity index (χ1v) is 9.08. The lowest BCUT2D eigenvalue weighted by Crippen LogP contribution is -2.12. The average Bonchev–Trinajstić information content (AvgIpc) is 3.01. The van der Waals surface area contributed by atoms with Crippen LogP contribution in [-0.2, 0) is 0 Å². The van der Waals surface area contributed by atoms with Crippen molar-refractivity contribution < 1.29 is 18.7 Å². The van der Waals surface area contributed by atoms with Crippen LogP contribution in [0.15, 0.2) is 36.4 Å². The SMILES string of the molecule is COc1cc(C(=O)Nc2nc(-c3ccc(F)cc3)c(C)s2)cc(Cl)c1OC. The van der Waals surface area contributed by atoms with E-state index in [4.69, 9.17) is 21.1 Å². The molecule has 0 fully saturated rings. The molecule has 140 valence electrons. The molecule has 0 aliphatic heterocycles. The zero-order valence-corrected chi connectivity index (χ0v) is 16.4. The van der Waals surface area contributed by atoms with E-state index in [0.29, 0.717) is 27.9 Å². The van der Waals surface area contributed by atoms with Gasteiger partial charge in [0.15, 0.2) is 16.6 Å². The van der Waals surface area contributed by atoms with Crippen molar-refractivity contribution in [2.24, 2.45) is 0 Å². The number of aryl methyl sites for hydroxylation is 1. The molecule has 0 unspecified atom stereocenters. The smallest absolute Gasteiger partial charge is 0.257 e. The standard InChI is InChI=1S/C19H16ClFN2O3S/c1-10-16(11-4-6-13(21)7-5-11)22-19(27-10)23-18(24)12-8-14(20)17(26-3)15(9-12)25-2/h4-9H,1-3H3,(H,22,23,24). The molecule has 5 nitrogen and oxygen atoms in total. The number of anilines is 1. The largest absolute Gasteiger partial charge is 0.493 e. The number of hydrogen-bond acceptors (Lipinski definition) is 5. The fourth-order valence-corrected chi connectivity index (χ4v) is 3.66. The van der Waals surface area contributed by atoms with E-state index >= 15 is 0 Å². The van der Waals surface area contributed by atoms with E-state index in [-0.39, 0.29) is 16.7 Å². The molecule has 3 aromatic rings. The van der Waals surface area contributed by atoms with Crippen LogP contribution in [0.5, 0.6) is 11.5 Å². The minimum absolute atomic E-state index is 0.268. The van der Waals surface area contributed by atoms with Crippen molar-refractivity contribution in [1.82, 2.24) is 4.98 Å². The first-order chi connectivity index (χ1) is 12.9. The van der Waals surface area contributed by atoms with Crippen LogP contribution in [0.1, 0.15) is 15.2 Å². The predicted molar refractivity (Wildman–Crippen MR) is 105 cm³/mol. The zero-order valence-electron chi connectivity index (χ0n) is 14.8. The Morgan fingerprint density at radius 1 is 1.19 bits per heavy atom. The summed E-state index contributed by atoms with van der Waals surface area (Å²) in [6, 6.07) is 9.09. The molecule has 27 heavy (non-hydrogen) atoms. The number of hydrogen-bond donors (Lipinski definition) is 1. The van der Waals surface area contributed by atoms with Crippen LogP contribution in [0, 0.1) is 12.7 Å². The molecule has 0 saturated carbocycles. The number of benzene rings is 2. The molecular formula is C19H16ClFN2O3S. The highest BCUT2D eigenvalue weighted by atomic mass is 35.5. The number of amides is 1. The second-order valence-corrected chi connectivity index (χ2v) is 7.19. The van der Waals surface area contributed by atoms with Crippen LogP contribution in [0.4, 0.5) is 9.52 Å². The lowest BCUT2D eigenvalue weighted by atomic mass is 10.1. The molecule has 0 atom stereocenters. The predicted octanol–water partition coefficient (Wildman–Crippen LogP) is 5.18. The highest BCUT2D eigenvalue weighted by molar-refractivity contribution is 7.16. The normalized spacial score (nSPS) is 10.6. The fourth-order valence-electron chi connectivity index (χ4n) is 2.54. The Bertz CT molecular complexity index is 989. The Morgan fingerprint density at radius 2 is 1.89 bits per heavy atom. The first kappa shape index (κ1) is 19.1. The molecule has 2 aromatic carbocycles. The van der Waals surface area contributed by atoms with Gasteiger partial charge in [0.05, 0.1) is 24.9 Å². The maximum atomic E-state index is 13.1. The van der Waals surface area contributed by atoms with Gasteiger partial charge in [-0.2, -0.15) is 0 Å². The van der Waals surface area contributed by atoms with Gasteiger partial charge in [-0.3, -0.25) is 10.1 Å². The number of nitrogens with one attached hydrogen (secondary N) is 1. The van der Waals surface area contributed by atoms with Crippen LogP contribution in [0.2, 0.25) is 5.02 Å². The van der Waals surface area contributed by atoms with Gasteiger partial charge in [0, 0.05) is 16.0 Å². The summed E-state index contributed by atoms with van der Waals surface area (Å²) in [5.41, 5.74) is 1.79. The highest BCUT2D eigenvalue weighted by Gasteiger charge is 2.17. The fraction of sp³-hybridized carbons (Fsp3) is 0.158. The summed E-state index contributed by atoms with van der Waals surface area (Å²) < 4.78 is 23.5. The number of carbonyl (C=O) groups excluding carboxylic acids is 1. The van der Waals surface area contributed by atoms with Crippen molar-refractivity contribution in [2.75, 3.05) is 19.5 Å². The molecule has 1 amide bonds. The van der Waals surface area contributed by atoms with E-state index in [0.717, 1.165) is 10.4 Å². The first-order valence-electron chi connectivity index (χ1n) is 7.89. The molecule has 8 heteroatoms. The monoisotopic (exact) mass is 406 g/mol. The Labute approximate surface area is 164 Å². The second kappa shape index (κ2) is 7.94. The van der Waals surface area contributed by atoms with E-state index in [2.05, 4.69) is 10.3 Å². The van der Waals surface area contributed by atoms with Crippen molar-refractivity contribution >= 4 is 34.0 Å². The number of rotatable bonds is 5. The number of ether oxygens (including phenoxy) is 2. The summed E-state index contributed by atoms with van der Waals surface area (Å²) >= 11 is 7.49. The van der Waals surface area contributed by atoms with Gasteiger partial charge >= 0.3 is 0 Å². The van der Waals surface area contributed by atoms with Gasteiger partial charge in [-0.25, -0.2) is 9.37 Å². The highest BCUT2D eigenvalue weighted by Crippen LogP contribution is 2.36. The minimum Gasteiger partial charge on any atom is -0.493 e. The molecule has 1 N–H and O–H groups in total. The third-order valence-electron chi connectivity index (χ3n) is 3.83. The van der Waals surface area contributed by atoms with Gasteiger partial charge in [-0.05, 0) is 43.3 Å². The maximum absolute atomic E-state index is 13.1. The molecule has 1 heterocycles. The van der Waals surface area contributed by atoms with Crippen LogP contribution in [-0.4, -0.2) is 25.1 Å². The minimum atomic E-state index is -0.378. The van der Waals surface area contributed by atoms with Crippen molar-refractivity contribution in [3.8, 4) is 22.8 Å². The third-order valence-corrected chi connectivity index (χ3v) is 5.00. The number of halogens is 2. The summed E-state index contributed by atoms with van der Waals surface area (Å²) in [5, 5.41) is 3.46. The van der Waals surface area contributed by atoms with Crippen molar-refractivity contribution in [3.63, 3.8) is 0 Å². The van der Waals surface area contributed by atoms with Crippen molar-refractivity contribution in [2.45, 2.75) is 6.92 Å². The summed E-state index contributed by atoms with van der Waals surface area (Å²) in [4.78, 5) is 17.9. The Balaban J connectivity index is 1.86. The summed E-state index contributed by atoms with van der Waals surface area (Å²) in [5.74, 6) is 0.0274. The van der Waals surface area contributed by atoms with E-state index in [1.807, 2.05) is 6.92 Å². The van der Waals surface area contributed by atoms with Crippen LogP contribution in [0.25, 0.3) is 11.3 Å².